The van der Waals surface area contributed by atoms with Crippen LogP contribution in [0.5, 0.6) is 0 Å². The maximum absolute atomic E-state index is 13.8. The number of aromatic nitrogens is 3. The predicted molar refractivity (Wildman–Crippen MR) is 89.6 cm³/mol. The second kappa shape index (κ2) is 6.26. The van der Waals surface area contributed by atoms with Gasteiger partial charge >= 0.3 is 0 Å². The predicted octanol–water partition coefficient (Wildman–Crippen LogP) is 2.47. The number of rotatable bonds is 4. The van der Waals surface area contributed by atoms with E-state index in [0.29, 0.717) is 5.69 Å². The highest BCUT2D eigenvalue weighted by molar-refractivity contribution is 7.89. The third kappa shape index (κ3) is 2.78. The second-order valence-corrected chi connectivity index (χ2v) is 7.85. The molecule has 3 aromatic rings. The molecule has 0 amide bonds. The monoisotopic (exact) mass is 376 g/mol. The molecule has 26 heavy (non-hydrogen) atoms. The van der Waals surface area contributed by atoms with Crippen LogP contribution in [0.1, 0.15) is 6.04 Å². The first-order valence-electron chi connectivity index (χ1n) is 7.88. The molecule has 0 saturated carbocycles. The molecule has 1 fully saturated rings. The molecule has 9 heteroatoms. The number of halogens is 2. The summed E-state index contributed by atoms with van der Waals surface area (Å²) in [5.41, 5.74) is 1.57. The molecule has 0 atom stereocenters. The lowest BCUT2D eigenvalue weighted by Gasteiger charge is -2.37. The van der Waals surface area contributed by atoms with E-state index < -0.39 is 26.6 Å². The van der Waals surface area contributed by atoms with Crippen LogP contribution in [-0.4, -0.2) is 40.8 Å². The van der Waals surface area contributed by atoms with Gasteiger partial charge < -0.3 is 0 Å². The summed E-state index contributed by atoms with van der Waals surface area (Å²) in [6.45, 7) is 0.154. The van der Waals surface area contributed by atoms with E-state index in [0.717, 1.165) is 28.1 Å². The molecule has 1 aromatic heterocycles. The highest BCUT2D eigenvalue weighted by Crippen LogP contribution is 2.31. The minimum absolute atomic E-state index is 0.0771. The molecule has 1 aliphatic rings. The van der Waals surface area contributed by atoms with Crippen LogP contribution in [-0.2, 0) is 10.0 Å². The van der Waals surface area contributed by atoms with Gasteiger partial charge in [-0.25, -0.2) is 21.9 Å². The summed E-state index contributed by atoms with van der Waals surface area (Å²) in [6, 6.07) is 12.2. The van der Waals surface area contributed by atoms with E-state index in [1.807, 2.05) is 30.3 Å². The molecule has 4 rings (SSSR count). The maximum atomic E-state index is 13.8. The molecule has 2 aromatic carbocycles. The summed E-state index contributed by atoms with van der Waals surface area (Å²) in [7, 11) is -4.23. The molecule has 0 unspecified atom stereocenters. The number of hydrogen-bond donors (Lipinski definition) is 0. The molecule has 0 bridgehead atoms. The average molecular weight is 376 g/mol. The summed E-state index contributed by atoms with van der Waals surface area (Å²) in [5, 5.41) is 8.12. The van der Waals surface area contributed by atoms with E-state index >= 15 is 0 Å². The molecule has 1 saturated heterocycles. The van der Waals surface area contributed by atoms with Crippen molar-refractivity contribution < 1.29 is 17.2 Å². The van der Waals surface area contributed by atoms with Gasteiger partial charge in [0, 0.05) is 18.7 Å². The van der Waals surface area contributed by atoms with Gasteiger partial charge in [0.25, 0.3) is 0 Å². The van der Waals surface area contributed by atoms with E-state index in [2.05, 4.69) is 10.3 Å². The highest BCUT2D eigenvalue weighted by atomic mass is 32.2. The zero-order valence-electron chi connectivity index (χ0n) is 13.5. The molecule has 0 aliphatic carbocycles. The van der Waals surface area contributed by atoms with Crippen LogP contribution in [0.3, 0.4) is 0 Å². The van der Waals surface area contributed by atoms with E-state index in [1.165, 1.54) is 0 Å². The van der Waals surface area contributed by atoms with Gasteiger partial charge in [-0.15, -0.1) is 5.10 Å². The summed E-state index contributed by atoms with van der Waals surface area (Å²) >= 11 is 0. The third-order valence-corrected chi connectivity index (χ3v) is 6.18. The number of sulfonamides is 1. The normalized spacial score (nSPS) is 15.8. The van der Waals surface area contributed by atoms with Crippen molar-refractivity contribution in [3.63, 3.8) is 0 Å². The van der Waals surface area contributed by atoms with Crippen molar-refractivity contribution in [2.75, 3.05) is 13.1 Å². The minimum atomic E-state index is -4.23. The Hall–Kier alpha value is -2.65. The Kier molecular flexibility index (Phi) is 4.04. The Morgan fingerprint density at radius 3 is 2.27 bits per heavy atom. The van der Waals surface area contributed by atoms with E-state index in [9.17, 15) is 17.2 Å². The quantitative estimate of drug-likeness (QED) is 0.702. The summed E-state index contributed by atoms with van der Waals surface area (Å²) in [5.74, 6) is -2.19. The molecular formula is C17H14F2N4O2S. The van der Waals surface area contributed by atoms with E-state index in [-0.39, 0.29) is 19.1 Å². The summed E-state index contributed by atoms with van der Waals surface area (Å²) in [6.07, 6.45) is 1.73. The molecule has 1 aliphatic heterocycles. The smallest absolute Gasteiger partial charge is 0.246 e. The van der Waals surface area contributed by atoms with Crippen LogP contribution in [0.4, 0.5) is 8.78 Å². The lowest BCUT2D eigenvalue weighted by molar-refractivity contribution is 0.188. The van der Waals surface area contributed by atoms with E-state index in [1.54, 1.807) is 10.9 Å². The zero-order chi connectivity index (χ0) is 18.3. The molecule has 6 nitrogen and oxygen atoms in total. The Bertz CT molecular complexity index is 1030. The van der Waals surface area contributed by atoms with Crippen molar-refractivity contribution in [3.8, 4) is 11.3 Å². The van der Waals surface area contributed by atoms with Crippen LogP contribution in [0.25, 0.3) is 11.3 Å². The second-order valence-electron chi connectivity index (χ2n) is 5.98. The van der Waals surface area contributed by atoms with Gasteiger partial charge in [0.2, 0.25) is 10.0 Å². The maximum Gasteiger partial charge on any atom is 0.249 e. The SMILES string of the molecule is O=S(=O)(c1c(F)cccc1F)N1CC(n2cc(-c3ccccc3)nn2)C1. The zero-order valence-corrected chi connectivity index (χ0v) is 14.3. The topological polar surface area (TPSA) is 68.1 Å². The van der Waals surface area contributed by atoms with Crippen molar-refractivity contribution in [3.05, 3.63) is 66.4 Å². The lowest BCUT2D eigenvalue weighted by atomic mass is 10.1. The van der Waals surface area contributed by atoms with Crippen molar-refractivity contribution in [2.45, 2.75) is 10.9 Å². The van der Waals surface area contributed by atoms with Crippen molar-refractivity contribution >= 4 is 10.0 Å². The van der Waals surface area contributed by atoms with Crippen molar-refractivity contribution in [1.82, 2.24) is 19.3 Å². The Morgan fingerprint density at radius 2 is 1.62 bits per heavy atom. The van der Waals surface area contributed by atoms with Gasteiger partial charge in [-0.3, -0.25) is 0 Å². The first-order valence-corrected chi connectivity index (χ1v) is 9.32. The fourth-order valence-electron chi connectivity index (χ4n) is 2.83. The highest BCUT2D eigenvalue weighted by Gasteiger charge is 2.40. The first-order chi connectivity index (χ1) is 12.5. The Labute approximate surface area is 148 Å². The van der Waals surface area contributed by atoms with Gasteiger partial charge in [-0.2, -0.15) is 4.31 Å². The van der Waals surface area contributed by atoms with Gasteiger partial charge in [0.15, 0.2) is 4.90 Å². The van der Waals surface area contributed by atoms with Crippen LogP contribution in [0.15, 0.2) is 59.6 Å². The van der Waals surface area contributed by atoms with Crippen LogP contribution < -0.4 is 0 Å². The number of nitrogens with zero attached hydrogens (tertiary/aromatic N) is 4. The van der Waals surface area contributed by atoms with Crippen LogP contribution in [0, 0.1) is 11.6 Å². The average Bonchev–Trinajstić information content (AvgIpc) is 3.03. The van der Waals surface area contributed by atoms with Crippen LogP contribution in [0.2, 0.25) is 0 Å². The first kappa shape index (κ1) is 16.8. The van der Waals surface area contributed by atoms with Gasteiger partial charge in [0.1, 0.15) is 17.3 Å². The largest absolute Gasteiger partial charge is 0.249 e. The fourth-order valence-corrected chi connectivity index (χ4v) is 4.46. The van der Waals surface area contributed by atoms with Crippen molar-refractivity contribution in [1.29, 1.82) is 0 Å². The molecule has 2 heterocycles. The summed E-state index contributed by atoms with van der Waals surface area (Å²) < 4.78 is 55.1. The van der Waals surface area contributed by atoms with Crippen molar-refractivity contribution in [2.24, 2.45) is 0 Å². The minimum Gasteiger partial charge on any atom is -0.246 e. The molecule has 0 radical (unpaired) electrons. The fraction of sp³-hybridized carbons (Fsp3) is 0.176. The Morgan fingerprint density at radius 1 is 0.962 bits per heavy atom. The third-order valence-electron chi connectivity index (χ3n) is 4.30. The standard InChI is InChI=1S/C17H14F2N4O2S/c18-14-7-4-8-15(19)17(14)26(24,25)22-9-13(10-22)23-11-16(20-21-23)12-5-2-1-3-6-12/h1-8,11,13H,9-10H2. The molecule has 0 N–H and O–H groups in total. The van der Waals surface area contributed by atoms with Gasteiger partial charge in [-0.1, -0.05) is 41.6 Å². The van der Waals surface area contributed by atoms with Gasteiger partial charge in [0.05, 0.1) is 12.2 Å². The molecular weight excluding hydrogens is 362 g/mol. The van der Waals surface area contributed by atoms with Gasteiger partial charge in [-0.05, 0) is 12.1 Å². The Balaban J connectivity index is 1.52. The molecule has 0 spiro atoms. The lowest BCUT2D eigenvalue weighted by Crippen LogP contribution is -2.51. The van der Waals surface area contributed by atoms with Crippen LogP contribution >= 0.6 is 0 Å². The number of hydrogen-bond acceptors (Lipinski definition) is 4. The number of benzene rings is 2. The summed E-state index contributed by atoms with van der Waals surface area (Å²) in [4.78, 5) is -0.915. The molecule has 134 valence electrons. The van der Waals surface area contributed by atoms with E-state index in [4.69, 9.17) is 0 Å².